The van der Waals surface area contributed by atoms with Crippen LogP contribution in [-0.4, -0.2) is 29.1 Å². The summed E-state index contributed by atoms with van der Waals surface area (Å²) >= 11 is 0. The highest BCUT2D eigenvalue weighted by Gasteiger charge is 2.62. The fourth-order valence-corrected chi connectivity index (χ4v) is 3.93. The van der Waals surface area contributed by atoms with Crippen LogP contribution in [0.2, 0.25) is 0 Å². The Balaban J connectivity index is 1.51. The zero-order valence-electron chi connectivity index (χ0n) is 11.4. The summed E-state index contributed by atoms with van der Waals surface area (Å²) in [6.07, 6.45) is 10.3. The molecule has 3 saturated carbocycles. The van der Waals surface area contributed by atoms with Gasteiger partial charge in [0.25, 0.3) is 0 Å². The van der Waals surface area contributed by atoms with Gasteiger partial charge in [0.05, 0.1) is 11.7 Å². The number of rotatable bonds is 5. The predicted molar refractivity (Wildman–Crippen MR) is 69.9 cm³/mol. The number of hydrogen-bond donors (Lipinski definition) is 1. The van der Waals surface area contributed by atoms with E-state index >= 15 is 0 Å². The minimum atomic E-state index is -0.112. The molecule has 1 amide bonds. The molecule has 1 N–H and O–H groups in total. The number of carbonyl (C=O) groups excluding carboxylic acids is 1. The van der Waals surface area contributed by atoms with Gasteiger partial charge in [-0.15, -0.1) is 0 Å². The van der Waals surface area contributed by atoms with E-state index in [-0.39, 0.29) is 5.54 Å². The summed E-state index contributed by atoms with van der Waals surface area (Å²) < 4.78 is 0. The Morgan fingerprint density at radius 2 is 2.00 bits per heavy atom. The van der Waals surface area contributed by atoms with Gasteiger partial charge in [-0.1, -0.05) is 13.3 Å². The fraction of sp³-hybridized carbons (Fsp3) is 0.933. The van der Waals surface area contributed by atoms with Crippen LogP contribution < -0.4 is 5.32 Å². The van der Waals surface area contributed by atoms with Gasteiger partial charge in [-0.25, -0.2) is 0 Å². The van der Waals surface area contributed by atoms with Crippen molar-refractivity contribution in [1.29, 1.82) is 0 Å². The van der Waals surface area contributed by atoms with Crippen molar-refractivity contribution < 1.29 is 4.79 Å². The Hall–Kier alpha value is -0.570. The van der Waals surface area contributed by atoms with Gasteiger partial charge in [-0.3, -0.25) is 10.1 Å². The van der Waals surface area contributed by atoms with Crippen LogP contribution in [0.15, 0.2) is 0 Å². The minimum Gasteiger partial charge on any atom is -0.325 e. The maximum Gasteiger partial charge on any atom is 0.244 e. The average Bonchev–Trinajstić information content (AvgIpc) is 3.22. The van der Waals surface area contributed by atoms with Crippen molar-refractivity contribution in [2.24, 2.45) is 11.3 Å². The standard InChI is InChI=1S/C15H24N2O/c1-2-3-12-16-15(8-9-15)13(18)17(12)10-14(6-7-14)11-4-5-11/h11-12,16H,2-10H2,1H3. The van der Waals surface area contributed by atoms with Gasteiger partial charge < -0.3 is 4.90 Å². The van der Waals surface area contributed by atoms with Gasteiger partial charge in [0.2, 0.25) is 5.91 Å². The van der Waals surface area contributed by atoms with Gasteiger partial charge in [-0.05, 0) is 56.3 Å². The molecule has 1 saturated heterocycles. The summed E-state index contributed by atoms with van der Waals surface area (Å²) in [5, 5.41) is 3.63. The smallest absolute Gasteiger partial charge is 0.244 e. The van der Waals surface area contributed by atoms with Crippen LogP contribution in [0.1, 0.15) is 58.3 Å². The minimum absolute atomic E-state index is 0.112. The van der Waals surface area contributed by atoms with Crippen molar-refractivity contribution in [1.82, 2.24) is 10.2 Å². The molecule has 0 bridgehead atoms. The molecule has 3 aliphatic carbocycles. The first kappa shape index (κ1) is 11.3. The lowest BCUT2D eigenvalue weighted by atomic mass is 9.99. The summed E-state index contributed by atoms with van der Waals surface area (Å²) in [6.45, 7) is 3.27. The van der Waals surface area contributed by atoms with E-state index in [4.69, 9.17) is 0 Å². The molecular weight excluding hydrogens is 224 g/mol. The Kier molecular flexibility index (Phi) is 2.19. The maximum atomic E-state index is 12.6. The molecule has 1 spiro atoms. The zero-order chi connectivity index (χ0) is 12.4. The van der Waals surface area contributed by atoms with Gasteiger partial charge in [0, 0.05) is 6.54 Å². The highest BCUT2D eigenvalue weighted by atomic mass is 16.2. The third-order valence-electron chi connectivity index (χ3n) is 5.62. The second-order valence-electron chi connectivity index (χ2n) is 7.10. The van der Waals surface area contributed by atoms with Crippen LogP contribution in [-0.2, 0) is 4.79 Å². The molecule has 0 aromatic rings. The second-order valence-corrected chi connectivity index (χ2v) is 7.10. The highest BCUT2D eigenvalue weighted by Crippen LogP contribution is 2.62. The highest BCUT2D eigenvalue weighted by molar-refractivity contribution is 5.91. The Labute approximate surface area is 109 Å². The molecule has 3 nitrogen and oxygen atoms in total. The van der Waals surface area contributed by atoms with Crippen LogP contribution in [0.3, 0.4) is 0 Å². The Morgan fingerprint density at radius 3 is 2.50 bits per heavy atom. The molecule has 1 aliphatic heterocycles. The van der Waals surface area contributed by atoms with Crippen LogP contribution in [0.25, 0.3) is 0 Å². The van der Waals surface area contributed by atoms with Crippen molar-refractivity contribution >= 4 is 5.91 Å². The number of nitrogens with zero attached hydrogens (tertiary/aromatic N) is 1. The zero-order valence-corrected chi connectivity index (χ0v) is 11.4. The lowest BCUT2D eigenvalue weighted by Gasteiger charge is -2.28. The maximum absolute atomic E-state index is 12.6. The lowest BCUT2D eigenvalue weighted by Crippen LogP contribution is -2.41. The number of nitrogens with one attached hydrogen (secondary N) is 1. The number of hydrogen-bond acceptors (Lipinski definition) is 2. The van der Waals surface area contributed by atoms with E-state index in [9.17, 15) is 4.79 Å². The van der Waals surface area contributed by atoms with Crippen LogP contribution >= 0.6 is 0 Å². The van der Waals surface area contributed by atoms with E-state index in [1.165, 1.54) is 25.7 Å². The molecule has 0 aromatic carbocycles. The molecule has 100 valence electrons. The van der Waals surface area contributed by atoms with Crippen molar-refractivity contribution in [3.05, 3.63) is 0 Å². The normalized spacial score (nSPS) is 35.3. The second kappa shape index (κ2) is 3.50. The first-order chi connectivity index (χ1) is 8.69. The number of amides is 1. The Bertz CT molecular complexity index is 380. The third kappa shape index (κ3) is 1.56. The monoisotopic (exact) mass is 248 g/mol. The first-order valence-electron chi connectivity index (χ1n) is 7.78. The van der Waals surface area contributed by atoms with E-state index in [0.717, 1.165) is 38.1 Å². The Morgan fingerprint density at radius 1 is 1.28 bits per heavy atom. The van der Waals surface area contributed by atoms with Gasteiger partial charge in [0.15, 0.2) is 0 Å². The van der Waals surface area contributed by atoms with Gasteiger partial charge in [-0.2, -0.15) is 0 Å². The lowest BCUT2D eigenvalue weighted by molar-refractivity contribution is -0.131. The summed E-state index contributed by atoms with van der Waals surface area (Å²) in [7, 11) is 0. The number of carbonyl (C=O) groups is 1. The van der Waals surface area contributed by atoms with E-state index in [1.54, 1.807) is 0 Å². The van der Waals surface area contributed by atoms with Gasteiger partial charge in [0.1, 0.15) is 0 Å². The van der Waals surface area contributed by atoms with Crippen molar-refractivity contribution in [3.8, 4) is 0 Å². The molecule has 18 heavy (non-hydrogen) atoms. The van der Waals surface area contributed by atoms with Crippen LogP contribution in [0.5, 0.6) is 0 Å². The topological polar surface area (TPSA) is 32.3 Å². The molecule has 4 fully saturated rings. The quantitative estimate of drug-likeness (QED) is 0.809. The molecule has 0 radical (unpaired) electrons. The molecule has 1 heterocycles. The van der Waals surface area contributed by atoms with Crippen molar-refractivity contribution in [2.45, 2.75) is 70.0 Å². The van der Waals surface area contributed by atoms with E-state index < -0.39 is 0 Å². The van der Waals surface area contributed by atoms with Gasteiger partial charge >= 0.3 is 0 Å². The average molecular weight is 248 g/mol. The molecule has 1 unspecified atom stereocenters. The first-order valence-corrected chi connectivity index (χ1v) is 7.78. The summed E-state index contributed by atoms with van der Waals surface area (Å²) in [5.74, 6) is 1.37. The van der Waals surface area contributed by atoms with Crippen LogP contribution in [0, 0.1) is 11.3 Å². The summed E-state index contributed by atoms with van der Waals surface area (Å²) in [5.41, 5.74) is 0.434. The molecular formula is C15H24N2O. The van der Waals surface area contributed by atoms with E-state index in [0.29, 0.717) is 17.5 Å². The van der Waals surface area contributed by atoms with E-state index in [2.05, 4.69) is 17.1 Å². The summed E-state index contributed by atoms with van der Waals surface area (Å²) in [6, 6.07) is 0. The van der Waals surface area contributed by atoms with Crippen LogP contribution in [0.4, 0.5) is 0 Å². The van der Waals surface area contributed by atoms with E-state index in [1.807, 2.05) is 0 Å². The SMILES string of the molecule is CCCC1NC2(CC2)C(=O)N1CC1(C2CC2)CC1. The largest absolute Gasteiger partial charge is 0.325 e. The molecule has 1 atom stereocenters. The van der Waals surface area contributed by atoms with Crippen molar-refractivity contribution in [2.75, 3.05) is 6.54 Å². The third-order valence-corrected chi connectivity index (χ3v) is 5.62. The predicted octanol–water partition coefficient (Wildman–Crippen LogP) is 2.27. The molecule has 3 heteroatoms. The molecule has 4 rings (SSSR count). The molecule has 0 aromatic heterocycles. The van der Waals surface area contributed by atoms with Crippen molar-refractivity contribution in [3.63, 3.8) is 0 Å². The molecule has 4 aliphatic rings. The fourth-order valence-electron chi connectivity index (χ4n) is 3.93. The summed E-state index contributed by atoms with van der Waals surface area (Å²) in [4.78, 5) is 14.8.